The zero-order chi connectivity index (χ0) is 11.8. The van der Waals surface area contributed by atoms with Gasteiger partial charge in [-0.3, -0.25) is 0 Å². The fourth-order valence-corrected chi connectivity index (χ4v) is 2.71. The maximum absolute atomic E-state index is 11.5. The molecule has 0 aromatic heterocycles. The van der Waals surface area contributed by atoms with Gasteiger partial charge in [0.1, 0.15) is 5.60 Å². The van der Waals surface area contributed by atoms with Gasteiger partial charge in [-0.2, -0.15) is 0 Å². The molecule has 0 radical (unpaired) electrons. The van der Waals surface area contributed by atoms with Crippen molar-refractivity contribution >= 4 is 18.5 Å². The van der Waals surface area contributed by atoms with E-state index < -0.39 is 5.60 Å². The van der Waals surface area contributed by atoms with Gasteiger partial charge in [0.25, 0.3) is 0 Å². The van der Waals surface area contributed by atoms with Gasteiger partial charge in [-0.15, -0.1) is 12.4 Å². The largest absolute Gasteiger partial charge is 0.444 e. The minimum Gasteiger partial charge on any atom is -0.444 e. The molecule has 2 atom stereocenters. The van der Waals surface area contributed by atoms with Crippen LogP contribution in [-0.4, -0.2) is 30.3 Å². The van der Waals surface area contributed by atoms with E-state index in [4.69, 9.17) is 4.74 Å². The molecule has 2 rings (SSSR count). The Kier molecular flexibility index (Phi) is 4.31. The molecule has 0 spiro atoms. The number of piperidine rings is 1. The highest BCUT2D eigenvalue weighted by atomic mass is 35.5. The quantitative estimate of drug-likeness (QED) is 0.801. The van der Waals surface area contributed by atoms with Crippen molar-refractivity contribution in [1.82, 2.24) is 10.6 Å². The Morgan fingerprint density at radius 2 is 2.24 bits per heavy atom. The first-order valence-electron chi connectivity index (χ1n) is 6.10. The van der Waals surface area contributed by atoms with E-state index in [0.717, 1.165) is 12.5 Å². The minimum absolute atomic E-state index is 0. The SMILES string of the molecule is CC(C)(C)OC(=O)NCC12CCC(CN1)C2.Cl. The number of hydrogen-bond acceptors (Lipinski definition) is 3. The summed E-state index contributed by atoms with van der Waals surface area (Å²) in [6.45, 7) is 7.44. The third-order valence-electron chi connectivity index (χ3n) is 3.45. The van der Waals surface area contributed by atoms with Crippen LogP contribution >= 0.6 is 12.4 Å². The number of halogens is 1. The summed E-state index contributed by atoms with van der Waals surface area (Å²) in [5.41, 5.74) is -0.259. The lowest BCUT2D eigenvalue weighted by Gasteiger charge is -2.28. The van der Waals surface area contributed by atoms with Crippen molar-refractivity contribution in [2.45, 2.75) is 51.2 Å². The molecule has 2 aliphatic rings. The summed E-state index contributed by atoms with van der Waals surface area (Å²) in [7, 11) is 0. The van der Waals surface area contributed by atoms with Gasteiger partial charge in [0.2, 0.25) is 0 Å². The number of ether oxygens (including phenoxy) is 1. The maximum Gasteiger partial charge on any atom is 0.407 e. The molecule has 2 unspecified atom stereocenters. The summed E-state index contributed by atoms with van der Waals surface area (Å²) in [6.07, 6.45) is 3.36. The van der Waals surface area contributed by atoms with Crippen LogP contribution in [0.5, 0.6) is 0 Å². The van der Waals surface area contributed by atoms with Crippen molar-refractivity contribution in [2.75, 3.05) is 13.1 Å². The van der Waals surface area contributed by atoms with Gasteiger partial charge >= 0.3 is 6.09 Å². The maximum atomic E-state index is 11.5. The lowest BCUT2D eigenvalue weighted by molar-refractivity contribution is 0.0512. The number of hydrogen-bond donors (Lipinski definition) is 2. The van der Waals surface area contributed by atoms with Crippen molar-refractivity contribution in [1.29, 1.82) is 0 Å². The van der Waals surface area contributed by atoms with Gasteiger partial charge in [0, 0.05) is 12.1 Å². The monoisotopic (exact) mass is 262 g/mol. The number of amides is 1. The van der Waals surface area contributed by atoms with Gasteiger partial charge in [-0.1, -0.05) is 0 Å². The molecule has 1 aliphatic carbocycles. The van der Waals surface area contributed by atoms with Crippen LogP contribution in [0, 0.1) is 5.92 Å². The van der Waals surface area contributed by atoms with E-state index in [0.29, 0.717) is 6.54 Å². The lowest BCUT2D eigenvalue weighted by Crippen LogP contribution is -2.50. The first kappa shape index (κ1) is 14.6. The van der Waals surface area contributed by atoms with Crippen molar-refractivity contribution < 1.29 is 9.53 Å². The van der Waals surface area contributed by atoms with Crippen LogP contribution in [0.4, 0.5) is 4.79 Å². The highest BCUT2D eigenvalue weighted by molar-refractivity contribution is 5.85. The topological polar surface area (TPSA) is 50.4 Å². The number of nitrogens with one attached hydrogen (secondary N) is 2. The molecule has 1 aliphatic heterocycles. The summed E-state index contributed by atoms with van der Waals surface area (Å²) in [6, 6.07) is 0. The molecule has 2 N–H and O–H groups in total. The molecule has 2 bridgehead atoms. The molecule has 17 heavy (non-hydrogen) atoms. The van der Waals surface area contributed by atoms with E-state index in [1.54, 1.807) is 0 Å². The normalized spacial score (nSPS) is 30.9. The van der Waals surface area contributed by atoms with E-state index in [2.05, 4.69) is 10.6 Å². The second-order valence-corrected chi connectivity index (χ2v) is 6.13. The van der Waals surface area contributed by atoms with Gasteiger partial charge in [-0.25, -0.2) is 4.79 Å². The summed E-state index contributed by atoms with van der Waals surface area (Å²) < 4.78 is 5.22. The van der Waals surface area contributed by atoms with E-state index >= 15 is 0 Å². The number of fused-ring (bicyclic) bond motifs is 2. The Morgan fingerprint density at radius 1 is 1.53 bits per heavy atom. The van der Waals surface area contributed by atoms with E-state index in [1.165, 1.54) is 19.3 Å². The van der Waals surface area contributed by atoms with Gasteiger partial charge < -0.3 is 15.4 Å². The molecular formula is C12H23ClN2O2. The standard InChI is InChI=1S/C12H22N2O2.ClH/c1-11(2,3)16-10(15)13-8-12-5-4-9(6-12)7-14-12;/h9,14H,4-8H2,1-3H3,(H,13,15);1H. The number of carbonyl (C=O) groups is 1. The van der Waals surface area contributed by atoms with Crippen LogP contribution in [0.1, 0.15) is 40.0 Å². The summed E-state index contributed by atoms with van der Waals surface area (Å²) in [4.78, 5) is 11.5. The fraction of sp³-hybridized carbons (Fsp3) is 0.917. The smallest absolute Gasteiger partial charge is 0.407 e. The second-order valence-electron chi connectivity index (χ2n) is 6.13. The third kappa shape index (κ3) is 3.75. The predicted octanol–water partition coefficient (Wildman–Crippen LogP) is 2.08. The molecule has 1 saturated heterocycles. The van der Waals surface area contributed by atoms with Crippen molar-refractivity contribution in [2.24, 2.45) is 5.92 Å². The molecule has 1 amide bonds. The lowest BCUT2D eigenvalue weighted by atomic mass is 9.99. The molecule has 1 heterocycles. The summed E-state index contributed by atoms with van der Waals surface area (Å²) in [5, 5.41) is 6.39. The molecule has 0 aromatic carbocycles. The average molecular weight is 263 g/mol. The second kappa shape index (κ2) is 5.02. The van der Waals surface area contributed by atoms with Gasteiger partial charge in [-0.05, 0) is 52.5 Å². The van der Waals surface area contributed by atoms with E-state index in [1.807, 2.05) is 20.8 Å². The summed E-state index contributed by atoms with van der Waals surface area (Å²) in [5.74, 6) is 0.820. The molecule has 0 aromatic rings. The van der Waals surface area contributed by atoms with E-state index in [-0.39, 0.29) is 24.0 Å². The van der Waals surface area contributed by atoms with Crippen LogP contribution in [0.3, 0.4) is 0 Å². The number of rotatable bonds is 2. The molecule has 100 valence electrons. The molecule has 5 heteroatoms. The number of alkyl carbamates (subject to hydrolysis) is 1. The Hall–Kier alpha value is -0.480. The fourth-order valence-electron chi connectivity index (χ4n) is 2.71. The average Bonchev–Trinajstić information content (AvgIpc) is 2.72. The Morgan fingerprint density at radius 3 is 2.65 bits per heavy atom. The van der Waals surface area contributed by atoms with Crippen molar-refractivity contribution in [3.8, 4) is 0 Å². The Balaban J connectivity index is 0.00000144. The minimum atomic E-state index is -0.414. The first-order chi connectivity index (χ1) is 7.39. The molecule has 1 saturated carbocycles. The van der Waals surface area contributed by atoms with E-state index in [9.17, 15) is 4.79 Å². The van der Waals surface area contributed by atoms with Crippen molar-refractivity contribution in [3.05, 3.63) is 0 Å². The Bertz CT molecular complexity index is 281. The molecule has 4 nitrogen and oxygen atoms in total. The molecular weight excluding hydrogens is 240 g/mol. The highest BCUT2D eigenvalue weighted by Crippen LogP contribution is 2.39. The Labute approximate surface area is 109 Å². The van der Waals surface area contributed by atoms with Crippen LogP contribution in [0.25, 0.3) is 0 Å². The van der Waals surface area contributed by atoms with Crippen LogP contribution < -0.4 is 10.6 Å². The molecule has 2 fully saturated rings. The van der Waals surface area contributed by atoms with Gasteiger partial charge in [0.15, 0.2) is 0 Å². The van der Waals surface area contributed by atoms with Crippen LogP contribution in [0.2, 0.25) is 0 Å². The van der Waals surface area contributed by atoms with Gasteiger partial charge in [0.05, 0.1) is 0 Å². The van der Waals surface area contributed by atoms with Crippen LogP contribution in [0.15, 0.2) is 0 Å². The summed E-state index contributed by atoms with van der Waals surface area (Å²) >= 11 is 0. The van der Waals surface area contributed by atoms with Crippen molar-refractivity contribution in [3.63, 3.8) is 0 Å². The highest BCUT2D eigenvalue weighted by Gasteiger charge is 2.44. The third-order valence-corrected chi connectivity index (χ3v) is 3.45. The first-order valence-corrected chi connectivity index (χ1v) is 6.10. The zero-order valence-corrected chi connectivity index (χ0v) is 11.7. The zero-order valence-electron chi connectivity index (χ0n) is 10.8. The van der Waals surface area contributed by atoms with Crippen LogP contribution in [-0.2, 0) is 4.74 Å². The predicted molar refractivity (Wildman–Crippen MR) is 69.6 cm³/mol. The number of carbonyl (C=O) groups excluding carboxylic acids is 1.